The van der Waals surface area contributed by atoms with Gasteiger partial charge >= 0.3 is 5.97 Å². The second-order valence-corrected chi connectivity index (χ2v) is 8.68. The van der Waals surface area contributed by atoms with E-state index < -0.39 is 5.97 Å². The van der Waals surface area contributed by atoms with Crippen molar-refractivity contribution in [1.29, 1.82) is 0 Å². The molecule has 3 rings (SSSR count). The maximum atomic E-state index is 13.5. The van der Waals surface area contributed by atoms with Crippen molar-refractivity contribution >= 4 is 27.5 Å². The van der Waals surface area contributed by atoms with E-state index in [0.29, 0.717) is 24.2 Å². The predicted octanol–water partition coefficient (Wildman–Crippen LogP) is 4.74. The van der Waals surface area contributed by atoms with Crippen molar-refractivity contribution < 1.29 is 14.6 Å². The molecule has 154 valence electrons. The zero-order valence-corrected chi connectivity index (χ0v) is 18.2. The molecule has 0 aliphatic carbocycles. The zero-order valence-electron chi connectivity index (χ0n) is 17.4. The summed E-state index contributed by atoms with van der Waals surface area (Å²) in [6, 6.07) is 5.90. The molecule has 0 bridgehead atoms. The van der Waals surface area contributed by atoms with Crippen LogP contribution in [-0.4, -0.2) is 27.7 Å². The number of aromatic nitrogens is 2. The molecule has 1 N–H and O–H groups in total. The zero-order chi connectivity index (χ0) is 21.3. The van der Waals surface area contributed by atoms with E-state index in [0.717, 1.165) is 32.1 Å². The van der Waals surface area contributed by atoms with E-state index in [2.05, 4.69) is 0 Å². The number of thiophene rings is 1. The molecule has 2 heterocycles. The largest absolute Gasteiger partial charge is 0.496 e. The fourth-order valence-corrected chi connectivity index (χ4v) is 4.68. The number of methoxy groups -OCH3 is 1. The minimum atomic E-state index is -0.862. The van der Waals surface area contributed by atoms with Crippen molar-refractivity contribution in [2.75, 3.05) is 7.11 Å². The number of nitrogens with zero attached hydrogens (tertiary/aromatic N) is 2. The van der Waals surface area contributed by atoms with Crippen molar-refractivity contribution in [2.24, 2.45) is 0 Å². The number of aliphatic carboxylic acids is 1. The molecule has 6 nitrogen and oxygen atoms in total. The first kappa shape index (κ1) is 21.0. The quantitative estimate of drug-likeness (QED) is 0.604. The minimum Gasteiger partial charge on any atom is -0.496 e. The number of carboxylic acid groups (broad SMARTS) is 1. The van der Waals surface area contributed by atoms with E-state index in [1.54, 1.807) is 11.7 Å². The van der Waals surface area contributed by atoms with Gasteiger partial charge in [-0.25, -0.2) is 4.98 Å². The molecule has 0 saturated heterocycles. The average Bonchev–Trinajstić information content (AvgIpc) is 2.99. The number of fused-ring (bicyclic) bond motifs is 1. The summed E-state index contributed by atoms with van der Waals surface area (Å²) >= 11 is 1.52. The lowest BCUT2D eigenvalue weighted by Crippen LogP contribution is -2.26. The summed E-state index contributed by atoms with van der Waals surface area (Å²) in [5, 5.41) is 9.57. The Morgan fingerprint density at radius 2 is 2.03 bits per heavy atom. The van der Waals surface area contributed by atoms with Gasteiger partial charge in [0.1, 0.15) is 16.4 Å². The maximum Gasteiger partial charge on any atom is 0.303 e. The highest BCUT2D eigenvalue weighted by atomic mass is 32.1. The Kier molecular flexibility index (Phi) is 6.07. The molecule has 0 fully saturated rings. The Hall–Kier alpha value is -2.67. The summed E-state index contributed by atoms with van der Waals surface area (Å²) in [7, 11) is 1.64. The third-order valence-corrected chi connectivity index (χ3v) is 5.99. The van der Waals surface area contributed by atoms with Crippen LogP contribution in [0.3, 0.4) is 0 Å². The van der Waals surface area contributed by atoms with Crippen LogP contribution < -0.4 is 10.3 Å². The summed E-state index contributed by atoms with van der Waals surface area (Å²) in [5.74, 6) is 0.703. The average molecular weight is 415 g/mol. The normalized spacial score (nSPS) is 11.4. The number of carboxylic acids is 1. The molecule has 3 aromatic rings. The van der Waals surface area contributed by atoms with E-state index in [1.807, 2.05) is 45.9 Å². The Morgan fingerprint density at radius 3 is 2.62 bits per heavy atom. The van der Waals surface area contributed by atoms with E-state index >= 15 is 0 Å². The number of carbonyl (C=O) groups is 1. The highest BCUT2D eigenvalue weighted by molar-refractivity contribution is 7.19. The van der Waals surface area contributed by atoms with Gasteiger partial charge in [0.05, 0.1) is 12.5 Å². The molecular weight excluding hydrogens is 388 g/mol. The van der Waals surface area contributed by atoms with Gasteiger partial charge in [0.15, 0.2) is 0 Å². The number of ether oxygens (including phenoxy) is 1. The van der Waals surface area contributed by atoms with Crippen molar-refractivity contribution in [1.82, 2.24) is 9.55 Å². The third kappa shape index (κ3) is 4.05. The number of hydrogen-bond acceptors (Lipinski definition) is 5. The Bertz CT molecular complexity index is 1130. The Morgan fingerprint density at radius 1 is 1.31 bits per heavy atom. The topological polar surface area (TPSA) is 81.4 Å². The van der Waals surface area contributed by atoms with Crippen LogP contribution >= 0.6 is 11.3 Å². The fourth-order valence-electron chi connectivity index (χ4n) is 3.64. The summed E-state index contributed by atoms with van der Waals surface area (Å²) < 4.78 is 7.01. The molecule has 1 aromatic carbocycles. The highest BCUT2D eigenvalue weighted by Gasteiger charge is 2.21. The Balaban J connectivity index is 2.22. The summed E-state index contributed by atoms with van der Waals surface area (Å²) in [6.45, 7) is 8.32. The molecule has 0 radical (unpaired) electrons. The smallest absolute Gasteiger partial charge is 0.303 e. The van der Waals surface area contributed by atoms with Crippen LogP contribution in [0, 0.1) is 13.8 Å². The molecule has 0 amide bonds. The lowest BCUT2D eigenvalue weighted by Gasteiger charge is -2.15. The van der Waals surface area contributed by atoms with Crippen LogP contribution in [-0.2, 0) is 11.3 Å². The fraction of sp³-hybridized carbons (Fsp3) is 0.409. The molecule has 2 aromatic heterocycles. The first-order chi connectivity index (χ1) is 13.7. The first-order valence-electron chi connectivity index (χ1n) is 9.65. The van der Waals surface area contributed by atoms with Gasteiger partial charge in [0.2, 0.25) is 0 Å². The summed E-state index contributed by atoms with van der Waals surface area (Å²) in [6.07, 6.45) is 0.414. The molecule has 0 aliphatic heterocycles. The lowest BCUT2D eigenvalue weighted by molar-refractivity contribution is -0.137. The van der Waals surface area contributed by atoms with Gasteiger partial charge in [-0.1, -0.05) is 19.9 Å². The van der Waals surface area contributed by atoms with Gasteiger partial charge in [0, 0.05) is 29.3 Å². The third-order valence-electron chi connectivity index (χ3n) is 4.99. The van der Waals surface area contributed by atoms with Crippen LogP contribution in [0.25, 0.3) is 21.3 Å². The Labute approximate surface area is 173 Å². The monoisotopic (exact) mass is 414 g/mol. The van der Waals surface area contributed by atoms with Gasteiger partial charge in [0.25, 0.3) is 5.56 Å². The number of benzene rings is 1. The second-order valence-electron chi connectivity index (χ2n) is 7.48. The number of aryl methyl sites for hydroxylation is 2. The molecule has 29 heavy (non-hydrogen) atoms. The summed E-state index contributed by atoms with van der Waals surface area (Å²) in [4.78, 5) is 31.0. The van der Waals surface area contributed by atoms with Crippen LogP contribution in [0.4, 0.5) is 0 Å². The molecule has 0 spiro atoms. The molecule has 0 saturated carbocycles. The van der Waals surface area contributed by atoms with Gasteiger partial charge in [-0.05, 0) is 43.5 Å². The van der Waals surface area contributed by atoms with Gasteiger partial charge < -0.3 is 9.84 Å². The van der Waals surface area contributed by atoms with E-state index in [1.165, 1.54) is 11.3 Å². The van der Waals surface area contributed by atoms with E-state index in [4.69, 9.17) is 14.8 Å². The summed E-state index contributed by atoms with van der Waals surface area (Å²) in [5.41, 5.74) is 2.75. The van der Waals surface area contributed by atoms with Crippen LogP contribution in [0.5, 0.6) is 5.75 Å². The van der Waals surface area contributed by atoms with Crippen molar-refractivity contribution in [3.63, 3.8) is 0 Å². The van der Waals surface area contributed by atoms with Crippen LogP contribution in [0.2, 0.25) is 0 Å². The van der Waals surface area contributed by atoms with Crippen molar-refractivity contribution in [2.45, 2.75) is 53.0 Å². The molecule has 7 heteroatoms. The SMILES string of the molecule is COc1ccc(-c2c(C)sc3nc(C(C)C)n(CCCC(=O)O)c(=O)c23)cc1C. The van der Waals surface area contributed by atoms with Gasteiger partial charge in [-0.2, -0.15) is 0 Å². The van der Waals surface area contributed by atoms with Crippen molar-refractivity contribution in [3.8, 4) is 16.9 Å². The lowest BCUT2D eigenvalue weighted by atomic mass is 10.0. The number of hydrogen-bond donors (Lipinski definition) is 1. The van der Waals surface area contributed by atoms with Gasteiger partial charge in [-0.3, -0.25) is 14.2 Å². The van der Waals surface area contributed by atoms with E-state index in [-0.39, 0.29) is 17.9 Å². The van der Waals surface area contributed by atoms with Gasteiger partial charge in [-0.15, -0.1) is 11.3 Å². The predicted molar refractivity (Wildman–Crippen MR) is 116 cm³/mol. The first-order valence-corrected chi connectivity index (χ1v) is 10.5. The molecule has 0 atom stereocenters. The molecular formula is C22H26N2O4S. The second kappa shape index (κ2) is 8.37. The van der Waals surface area contributed by atoms with Crippen LogP contribution in [0.1, 0.15) is 48.9 Å². The highest BCUT2D eigenvalue weighted by Crippen LogP contribution is 2.37. The van der Waals surface area contributed by atoms with E-state index in [9.17, 15) is 9.59 Å². The van der Waals surface area contributed by atoms with Crippen LogP contribution in [0.15, 0.2) is 23.0 Å². The minimum absolute atomic E-state index is 0.0230. The maximum absolute atomic E-state index is 13.5. The van der Waals surface area contributed by atoms with Crippen molar-refractivity contribution in [3.05, 3.63) is 44.8 Å². The standard InChI is InChI=1S/C22H26N2O4S/c1-12(2)20-23-21-19(22(27)24(20)10-6-7-17(25)26)18(14(4)29-21)15-8-9-16(28-5)13(3)11-15/h8-9,11-12H,6-7,10H2,1-5H3,(H,25,26). The molecule has 0 aliphatic rings. The molecule has 0 unspecified atom stereocenters. The number of rotatable bonds is 7.